The number of carbonyl (C=O) groups excluding carboxylic acids is 1. The van der Waals surface area contributed by atoms with Crippen LogP contribution < -0.4 is 15.5 Å². The summed E-state index contributed by atoms with van der Waals surface area (Å²) in [6, 6.07) is 3.67. The first-order valence-electron chi connectivity index (χ1n) is 6.55. The zero-order valence-corrected chi connectivity index (χ0v) is 10.8. The van der Waals surface area contributed by atoms with Gasteiger partial charge in [0, 0.05) is 19.6 Å². The van der Waals surface area contributed by atoms with E-state index in [1.807, 2.05) is 19.1 Å². The monoisotopic (exact) mass is 248 g/mol. The van der Waals surface area contributed by atoms with E-state index in [1.54, 1.807) is 6.20 Å². The van der Waals surface area contributed by atoms with Crippen LogP contribution in [-0.2, 0) is 0 Å². The molecule has 1 saturated heterocycles. The van der Waals surface area contributed by atoms with Gasteiger partial charge in [-0.25, -0.2) is 9.78 Å². The number of nitrogens with zero attached hydrogens (tertiary/aromatic N) is 2. The lowest BCUT2D eigenvalue weighted by molar-refractivity contribution is 0.252. The van der Waals surface area contributed by atoms with E-state index in [4.69, 9.17) is 0 Å². The predicted octanol–water partition coefficient (Wildman–Crippen LogP) is 2.21. The van der Waals surface area contributed by atoms with E-state index in [2.05, 4.69) is 20.5 Å². The Morgan fingerprint density at radius 2 is 2.11 bits per heavy atom. The highest BCUT2D eigenvalue weighted by Gasteiger charge is 2.11. The molecule has 2 heterocycles. The van der Waals surface area contributed by atoms with Crippen LogP contribution in [0.2, 0.25) is 0 Å². The maximum atomic E-state index is 11.3. The van der Waals surface area contributed by atoms with Crippen molar-refractivity contribution in [3.8, 4) is 0 Å². The smallest absolute Gasteiger partial charge is 0.319 e. The average Bonchev–Trinajstić information content (AvgIpc) is 2.41. The normalized spacial score (nSPS) is 15.3. The average molecular weight is 248 g/mol. The highest BCUT2D eigenvalue weighted by Crippen LogP contribution is 2.18. The van der Waals surface area contributed by atoms with Crippen LogP contribution in [0.5, 0.6) is 0 Å². The van der Waals surface area contributed by atoms with E-state index in [0.717, 1.165) is 24.6 Å². The molecule has 1 aliphatic heterocycles. The van der Waals surface area contributed by atoms with Crippen molar-refractivity contribution in [3.63, 3.8) is 0 Å². The second-order valence-electron chi connectivity index (χ2n) is 4.44. The van der Waals surface area contributed by atoms with Crippen molar-refractivity contribution in [3.05, 3.63) is 18.3 Å². The maximum absolute atomic E-state index is 11.3. The minimum Gasteiger partial charge on any atom is -0.357 e. The Labute approximate surface area is 108 Å². The number of rotatable bonds is 3. The molecular weight excluding hydrogens is 228 g/mol. The Morgan fingerprint density at radius 1 is 1.33 bits per heavy atom. The topological polar surface area (TPSA) is 57.3 Å². The molecule has 0 radical (unpaired) electrons. The summed E-state index contributed by atoms with van der Waals surface area (Å²) in [6.45, 7) is 4.66. The molecule has 5 nitrogen and oxygen atoms in total. The molecule has 0 spiro atoms. The molecular formula is C13H20N4O. The lowest BCUT2D eigenvalue weighted by atomic mass is 10.1. The number of nitrogens with one attached hydrogen (secondary N) is 2. The number of amides is 2. The van der Waals surface area contributed by atoms with Crippen LogP contribution in [0.3, 0.4) is 0 Å². The molecule has 5 heteroatoms. The summed E-state index contributed by atoms with van der Waals surface area (Å²) in [5.74, 6) is 0.996. The van der Waals surface area contributed by atoms with E-state index in [0.29, 0.717) is 6.54 Å². The fourth-order valence-corrected chi connectivity index (χ4v) is 2.11. The van der Waals surface area contributed by atoms with Crippen molar-refractivity contribution in [1.29, 1.82) is 0 Å². The summed E-state index contributed by atoms with van der Waals surface area (Å²) in [4.78, 5) is 18.0. The van der Waals surface area contributed by atoms with Crippen LogP contribution in [0, 0.1) is 0 Å². The molecule has 1 aromatic heterocycles. The molecule has 1 aliphatic rings. The van der Waals surface area contributed by atoms with Gasteiger partial charge in [0.15, 0.2) is 0 Å². The van der Waals surface area contributed by atoms with E-state index in [-0.39, 0.29) is 6.03 Å². The zero-order chi connectivity index (χ0) is 12.8. The molecule has 18 heavy (non-hydrogen) atoms. The number of hydrogen-bond donors (Lipinski definition) is 2. The number of carbonyl (C=O) groups is 1. The third-order valence-corrected chi connectivity index (χ3v) is 3.02. The van der Waals surface area contributed by atoms with E-state index in [1.165, 1.54) is 19.3 Å². The Morgan fingerprint density at radius 3 is 2.72 bits per heavy atom. The molecule has 0 aromatic carbocycles. The summed E-state index contributed by atoms with van der Waals surface area (Å²) >= 11 is 0. The minimum absolute atomic E-state index is 0.190. The SMILES string of the molecule is CCNC(=O)Nc1ccc(N2CCCCC2)nc1. The maximum Gasteiger partial charge on any atom is 0.319 e. The van der Waals surface area contributed by atoms with Crippen LogP contribution >= 0.6 is 0 Å². The second-order valence-corrected chi connectivity index (χ2v) is 4.44. The number of hydrogen-bond acceptors (Lipinski definition) is 3. The second kappa shape index (κ2) is 6.23. The van der Waals surface area contributed by atoms with Gasteiger partial charge in [0.2, 0.25) is 0 Å². The highest BCUT2D eigenvalue weighted by atomic mass is 16.2. The van der Waals surface area contributed by atoms with Crippen molar-refractivity contribution in [1.82, 2.24) is 10.3 Å². The van der Waals surface area contributed by atoms with Gasteiger partial charge in [-0.15, -0.1) is 0 Å². The summed E-state index contributed by atoms with van der Waals surface area (Å²) in [6.07, 6.45) is 5.49. The molecule has 0 unspecified atom stereocenters. The van der Waals surface area contributed by atoms with E-state index in [9.17, 15) is 4.79 Å². The van der Waals surface area contributed by atoms with Crippen molar-refractivity contribution in [2.24, 2.45) is 0 Å². The van der Waals surface area contributed by atoms with Gasteiger partial charge in [-0.1, -0.05) is 0 Å². The lowest BCUT2D eigenvalue weighted by Crippen LogP contribution is -2.30. The van der Waals surface area contributed by atoms with Gasteiger partial charge < -0.3 is 15.5 Å². The quantitative estimate of drug-likeness (QED) is 0.862. The summed E-state index contributed by atoms with van der Waals surface area (Å²) in [5, 5.41) is 5.43. The van der Waals surface area contributed by atoms with Crippen LogP contribution in [0.25, 0.3) is 0 Å². The molecule has 2 amide bonds. The zero-order valence-electron chi connectivity index (χ0n) is 10.8. The van der Waals surface area contributed by atoms with Crippen LogP contribution in [0.1, 0.15) is 26.2 Å². The Bertz CT molecular complexity index is 384. The van der Waals surface area contributed by atoms with Gasteiger partial charge in [-0.3, -0.25) is 0 Å². The highest BCUT2D eigenvalue weighted by molar-refractivity contribution is 5.89. The molecule has 1 fully saturated rings. The van der Waals surface area contributed by atoms with Crippen LogP contribution in [0.15, 0.2) is 18.3 Å². The first-order valence-corrected chi connectivity index (χ1v) is 6.55. The van der Waals surface area contributed by atoms with Gasteiger partial charge in [0.05, 0.1) is 11.9 Å². The lowest BCUT2D eigenvalue weighted by Gasteiger charge is -2.27. The first-order chi connectivity index (χ1) is 8.79. The van der Waals surface area contributed by atoms with Crippen LogP contribution in [0.4, 0.5) is 16.3 Å². The number of pyridine rings is 1. The Kier molecular flexibility index (Phi) is 4.39. The molecule has 98 valence electrons. The third-order valence-electron chi connectivity index (χ3n) is 3.02. The van der Waals surface area contributed by atoms with Gasteiger partial charge in [0.1, 0.15) is 5.82 Å². The molecule has 1 aromatic rings. The number of anilines is 2. The van der Waals surface area contributed by atoms with Gasteiger partial charge in [0.25, 0.3) is 0 Å². The van der Waals surface area contributed by atoms with Crippen molar-refractivity contribution >= 4 is 17.5 Å². The predicted molar refractivity (Wildman–Crippen MR) is 73.0 cm³/mol. The van der Waals surface area contributed by atoms with Crippen molar-refractivity contribution < 1.29 is 4.79 Å². The molecule has 0 saturated carbocycles. The van der Waals surface area contributed by atoms with Crippen LogP contribution in [-0.4, -0.2) is 30.6 Å². The largest absolute Gasteiger partial charge is 0.357 e. The number of aromatic nitrogens is 1. The molecule has 0 atom stereocenters. The Balaban J connectivity index is 1.94. The first kappa shape index (κ1) is 12.7. The fourth-order valence-electron chi connectivity index (χ4n) is 2.11. The fraction of sp³-hybridized carbons (Fsp3) is 0.538. The minimum atomic E-state index is -0.190. The number of urea groups is 1. The van der Waals surface area contributed by atoms with Crippen molar-refractivity contribution in [2.75, 3.05) is 29.9 Å². The van der Waals surface area contributed by atoms with Gasteiger partial charge in [-0.05, 0) is 38.3 Å². The van der Waals surface area contributed by atoms with E-state index < -0.39 is 0 Å². The van der Waals surface area contributed by atoms with Gasteiger partial charge in [-0.2, -0.15) is 0 Å². The van der Waals surface area contributed by atoms with Crippen molar-refractivity contribution in [2.45, 2.75) is 26.2 Å². The number of piperidine rings is 1. The summed E-state index contributed by atoms with van der Waals surface area (Å²) in [5.41, 5.74) is 0.724. The third kappa shape index (κ3) is 3.35. The molecule has 0 aliphatic carbocycles. The van der Waals surface area contributed by atoms with Gasteiger partial charge >= 0.3 is 6.03 Å². The standard InChI is InChI=1S/C13H20N4O/c1-2-14-13(18)16-11-6-7-12(15-10-11)17-8-4-3-5-9-17/h6-7,10H,2-5,8-9H2,1H3,(H2,14,16,18). The molecule has 2 rings (SSSR count). The molecule has 2 N–H and O–H groups in total. The summed E-state index contributed by atoms with van der Waals surface area (Å²) in [7, 11) is 0. The Hall–Kier alpha value is -1.78. The molecule has 0 bridgehead atoms. The van der Waals surface area contributed by atoms with E-state index >= 15 is 0 Å². The summed E-state index contributed by atoms with van der Waals surface area (Å²) < 4.78 is 0.